The number of carbonyl (C=O) groups excluding carboxylic acids is 1. The maximum absolute atomic E-state index is 12.8. The largest absolute Gasteiger partial charge is 0.359 e. The Kier molecular flexibility index (Phi) is 6.42. The molecule has 0 aliphatic carbocycles. The van der Waals surface area contributed by atoms with E-state index in [-0.39, 0.29) is 11.8 Å². The highest BCUT2D eigenvalue weighted by molar-refractivity contribution is 5.90. The Balaban J connectivity index is 1.45. The molecule has 1 amide bonds. The number of likely N-dealkylation sites (tertiary alicyclic amines) is 2. The number of carbonyl (C=O) groups is 1. The summed E-state index contributed by atoms with van der Waals surface area (Å²) in [5.74, 6) is 1.18. The molecule has 0 N–H and O–H groups in total. The monoisotopic (exact) mass is 482 g/mol. The standard InChI is InChI=1S/C27H30N8O/c1-4-20(13-29-19(2)34-10-7-21(17-34)27(36)33-8-5-6-9-33)25-11-22(24-15-30-32(3)16-24)18-35-26(25)23(12-28)14-31-35/h4,11,13-16,18,21H,1,5-10,17H2,2-3H3/b20-13+,29-19+/t21-/m1/s1. The molecule has 5 rings (SSSR count). The van der Waals surface area contributed by atoms with Gasteiger partial charge in [-0.15, -0.1) is 0 Å². The van der Waals surface area contributed by atoms with Crippen LogP contribution >= 0.6 is 0 Å². The van der Waals surface area contributed by atoms with E-state index in [2.05, 4.69) is 27.7 Å². The highest BCUT2D eigenvalue weighted by Crippen LogP contribution is 2.30. The van der Waals surface area contributed by atoms with E-state index in [1.807, 2.05) is 37.3 Å². The molecular weight excluding hydrogens is 452 g/mol. The van der Waals surface area contributed by atoms with Gasteiger partial charge in [0.2, 0.25) is 5.91 Å². The molecule has 2 aliphatic heterocycles. The summed E-state index contributed by atoms with van der Waals surface area (Å²) < 4.78 is 3.47. The van der Waals surface area contributed by atoms with Gasteiger partial charge in [-0.1, -0.05) is 12.7 Å². The van der Waals surface area contributed by atoms with Gasteiger partial charge in [-0.3, -0.25) is 9.48 Å². The van der Waals surface area contributed by atoms with Crippen molar-refractivity contribution >= 4 is 22.8 Å². The second-order valence-electron chi connectivity index (χ2n) is 9.44. The highest BCUT2D eigenvalue weighted by atomic mass is 16.2. The number of pyridine rings is 1. The van der Waals surface area contributed by atoms with Crippen molar-refractivity contribution in [1.29, 1.82) is 5.26 Å². The van der Waals surface area contributed by atoms with E-state index < -0.39 is 0 Å². The lowest BCUT2D eigenvalue weighted by atomic mass is 10.0. The van der Waals surface area contributed by atoms with E-state index in [9.17, 15) is 10.1 Å². The first-order valence-electron chi connectivity index (χ1n) is 12.3. The number of nitrogens with zero attached hydrogens (tertiary/aromatic N) is 8. The van der Waals surface area contributed by atoms with Crippen molar-refractivity contribution in [3.05, 3.63) is 60.8 Å². The summed E-state index contributed by atoms with van der Waals surface area (Å²) in [7, 11) is 1.87. The van der Waals surface area contributed by atoms with Gasteiger partial charge in [-0.25, -0.2) is 9.51 Å². The minimum Gasteiger partial charge on any atom is -0.359 e. The first-order valence-corrected chi connectivity index (χ1v) is 12.3. The Morgan fingerprint density at radius 2 is 1.97 bits per heavy atom. The minimum atomic E-state index is 0.0388. The summed E-state index contributed by atoms with van der Waals surface area (Å²) >= 11 is 0. The van der Waals surface area contributed by atoms with E-state index in [1.165, 1.54) is 0 Å². The number of amidine groups is 1. The summed E-state index contributed by atoms with van der Waals surface area (Å²) in [4.78, 5) is 21.8. The number of allylic oxidation sites excluding steroid dienone is 2. The number of nitriles is 1. The Morgan fingerprint density at radius 1 is 1.17 bits per heavy atom. The fourth-order valence-electron chi connectivity index (χ4n) is 5.08. The van der Waals surface area contributed by atoms with Gasteiger partial charge in [0, 0.05) is 74.1 Å². The third-order valence-corrected chi connectivity index (χ3v) is 7.10. The Labute approximate surface area is 210 Å². The predicted molar refractivity (Wildman–Crippen MR) is 139 cm³/mol. The first kappa shape index (κ1) is 23.5. The van der Waals surface area contributed by atoms with Crippen molar-refractivity contribution in [3.8, 4) is 17.2 Å². The number of amides is 1. The van der Waals surface area contributed by atoms with Gasteiger partial charge in [-0.05, 0) is 32.3 Å². The molecule has 0 aromatic carbocycles. The molecule has 5 heterocycles. The SMILES string of the molecule is C=C/C(=C\N=C(/C)N1CC[C@@H](C(=O)N2CCCC2)C1)c1cc(-c2cnn(C)c2)cn2ncc(C#N)c12. The second-order valence-corrected chi connectivity index (χ2v) is 9.44. The Morgan fingerprint density at radius 3 is 2.67 bits per heavy atom. The van der Waals surface area contributed by atoms with Gasteiger partial charge in [0.1, 0.15) is 11.9 Å². The molecule has 0 radical (unpaired) electrons. The molecule has 184 valence electrons. The lowest BCUT2D eigenvalue weighted by Crippen LogP contribution is -2.36. The van der Waals surface area contributed by atoms with Crippen LogP contribution in [0.1, 0.15) is 37.3 Å². The van der Waals surface area contributed by atoms with Crippen LogP contribution in [0.5, 0.6) is 0 Å². The topological polar surface area (TPSA) is 94.8 Å². The third-order valence-electron chi connectivity index (χ3n) is 7.10. The molecule has 9 nitrogen and oxygen atoms in total. The van der Waals surface area contributed by atoms with Gasteiger partial charge < -0.3 is 9.80 Å². The van der Waals surface area contributed by atoms with Crippen LogP contribution in [0, 0.1) is 17.2 Å². The molecule has 0 spiro atoms. The number of aryl methyl sites for hydroxylation is 1. The van der Waals surface area contributed by atoms with Crippen LogP contribution < -0.4 is 0 Å². The Hall–Kier alpha value is -4.19. The molecule has 36 heavy (non-hydrogen) atoms. The molecule has 0 saturated carbocycles. The van der Waals surface area contributed by atoms with E-state index in [0.717, 1.165) is 67.0 Å². The fraction of sp³-hybridized carbons (Fsp3) is 0.370. The maximum Gasteiger partial charge on any atom is 0.227 e. The van der Waals surface area contributed by atoms with Gasteiger partial charge in [0.25, 0.3) is 0 Å². The molecule has 0 unspecified atom stereocenters. The molecule has 0 bridgehead atoms. The van der Waals surface area contributed by atoms with Crippen LogP contribution in [0.4, 0.5) is 0 Å². The molecule has 9 heteroatoms. The van der Waals surface area contributed by atoms with Gasteiger partial charge in [0.15, 0.2) is 0 Å². The summed E-state index contributed by atoms with van der Waals surface area (Å²) in [6.07, 6.45) is 13.8. The van der Waals surface area contributed by atoms with Crippen LogP contribution in [-0.2, 0) is 11.8 Å². The maximum atomic E-state index is 12.8. The summed E-state index contributed by atoms with van der Waals surface area (Å²) in [5.41, 5.74) is 4.67. The van der Waals surface area contributed by atoms with E-state index in [4.69, 9.17) is 4.99 Å². The average Bonchev–Trinajstić information content (AvgIpc) is 3.70. The lowest BCUT2D eigenvalue weighted by molar-refractivity contribution is -0.133. The predicted octanol–water partition coefficient (Wildman–Crippen LogP) is 3.50. The summed E-state index contributed by atoms with van der Waals surface area (Å²) in [6.45, 7) is 9.28. The van der Waals surface area contributed by atoms with Crippen LogP contribution in [0.2, 0.25) is 0 Å². The van der Waals surface area contributed by atoms with Crippen molar-refractivity contribution in [3.63, 3.8) is 0 Å². The van der Waals surface area contributed by atoms with Gasteiger partial charge in [0.05, 0.1) is 29.4 Å². The summed E-state index contributed by atoms with van der Waals surface area (Å²) in [6, 6.07) is 4.26. The van der Waals surface area contributed by atoms with E-state index in [0.29, 0.717) is 17.6 Å². The number of aliphatic imine (C=N–C) groups is 1. The third kappa shape index (κ3) is 4.42. The number of hydrogen-bond acceptors (Lipinski definition) is 5. The molecular formula is C27H30N8O. The highest BCUT2D eigenvalue weighted by Gasteiger charge is 2.32. The van der Waals surface area contributed by atoms with Gasteiger partial charge >= 0.3 is 0 Å². The molecule has 1 atom stereocenters. The first-order chi connectivity index (χ1) is 17.5. The quantitative estimate of drug-likeness (QED) is 0.315. The number of aromatic nitrogens is 4. The number of hydrogen-bond donors (Lipinski definition) is 0. The summed E-state index contributed by atoms with van der Waals surface area (Å²) in [5, 5.41) is 18.4. The minimum absolute atomic E-state index is 0.0388. The average molecular weight is 483 g/mol. The fourth-order valence-corrected chi connectivity index (χ4v) is 5.08. The molecule has 2 aliphatic rings. The van der Waals surface area contributed by atoms with Crippen molar-refractivity contribution in [2.24, 2.45) is 18.0 Å². The van der Waals surface area contributed by atoms with Crippen LogP contribution in [0.15, 0.2) is 54.7 Å². The van der Waals surface area contributed by atoms with E-state index in [1.54, 1.807) is 33.9 Å². The molecule has 3 aromatic rings. The van der Waals surface area contributed by atoms with Gasteiger partial charge in [-0.2, -0.15) is 15.5 Å². The molecule has 3 aromatic heterocycles. The Bertz CT molecular complexity index is 1410. The molecule has 2 fully saturated rings. The smallest absolute Gasteiger partial charge is 0.227 e. The normalized spacial score (nSPS) is 18.8. The second kappa shape index (κ2) is 9.82. The molecule has 2 saturated heterocycles. The van der Waals surface area contributed by atoms with Crippen molar-refractivity contribution < 1.29 is 4.79 Å². The number of fused-ring (bicyclic) bond motifs is 1. The zero-order valence-corrected chi connectivity index (χ0v) is 20.8. The van der Waals surface area contributed by atoms with Crippen LogP contribution in [0.3, 0.4) is 0 Å². The van der Waals surface area contributed by atoms with Crippen molar-refractivity contribution in [1.82, 2.24) is 29.2 Å². The van der Waals surface area contributed by atoms with Crippen molar-refractivity contribution in [2.75, 3.05) is 26.2 Å². The zero-order chi connectivity index (χ0) is 25.2. The van der Waals surface area contributed by atoms with Crippen molar-refractivity contribution in [2.45, 2.75) is 26.2 Å². The van der Waals surface area contributed by atoms with Crippen LogP contribution in [-0.4, -0.2) is 67.1 Å². The van der Waals surface area contributed by atoms with Crippen LogP contribution in [0.25, 0.3) is 22.2 Å². The zero-order valence-electron chi connectivity index (χ0n) is 20.8. The van der Waals surface area contributed by atoms with E-state index >= 15 is 0 Å². The lowest BCUT2D eigenvalue weighted by Gasteiger charge is -2.21. The number of rotatable bonds is 5.